The molecule has 4 rings (SSSR count). The molecule has 1 aromatic heterocycles. The van der Waals surface area contributed by atoms with Gasteiger partial charge in [-0.1, -0.05) is 30.3 Å². The molecule has 1 N–H and O–H groups in total. The first-order chi connectivity index (χ1) is 13.1. The minimum Gasteiger partial charge on any atom is -0.481 e. The van der Waals surface area contributed by atoms with E-state index >= 15 is 0 Å². The lowest BCUT2D eigenvalue weighted by molar-refractivity contribution is -0.136. The van der Waals surface area contributed by atoms with Crippen molar-refractivity contribution in [2.24, 2.45) is 0 Å². The lowest BCUT2D eigenvalue weighted by atomic mass is 10.1. The van der Waals surface area contributed by atoms with Crippen molar-refractivity contribution in [3.05, 3.63) is 78.6 Å². The zero-order valence-corrected chi connectivity index (χ0v) is 15.6. The van der Waals surface area contributed by atoms with Crippen molar-refractivity contribution in [3.63, 3.8) is 0 Å². The normalized spacial score (nSPS) is 11.0. The number of fused-ring (bicyclic) bond motifs is 1. The summed E-state index contributed by atoms with van der Waals surface area (Å²) < 4.78 is 2.01. The molecule has 0 bridgehead atoms. The number of hydrogen-bond donors (Lipinski definition) is 1. The molecule has 0 saturated heterocycles. The Hall–Kier alpha value is -3.05. The van der Waals surface area contributed by atoms with Gasteiger partial charge in [0.1, 0.15) is 6.33 Å². The van der Waals surface area contributed by atoms with Gasteiger partial charge in [-0.25, -0.2) is 4.98 Å². The maximum atomic E-state index is 10.8. The number of carboxylic acids is 1. The summed E-state index contributed by atoms with van der Waals surface area (Å²) in [5.74, 6) is -0.825. The number of carboxylic acid groups (broad SMARTS) is 1. The third-order valence-corrected chi connectivity index (χ3v) is 5.28. The van der Waals surface area contributed by atoms with Gasteiger partial charge in [0.05, 0.1) is 17.5 Å². The van der Waals surface area contributed by atoms with E-state index in [4.69, 9.17) is 5.11 Å². The standard InChI is InChI=1S/C22H18N2O2S/c1-27-19-9-4-16(5-10-19)17-6-11-21-20(13-17)23-14-24(21)18-7-2-15(3-8-18)12-22(25)26/h2-11,13-14H,12H2,1H3,(H,25,26). The number of aromatic nitrogens is 2. The first-order valence-electron chi connectivity index (χ1n) is 8.57. The Labute approximate surface area is 161 Å². The van der Waals surface area contributed by atoms with Gasteiger partial charge >= 0.3 is 5.97 Å². The summed E-state index contributed by atoms with van der Waals surface area (Å²) in [6.45, 7) is 0. The number of aliphatic carboxylic acids is 1. The van der Waals surface area contributed by atoms with Crippen LogP contribution < -0.4 is 0 Å². The highest BCUT2D eigenvalue weighted by molar-refractivity contribution is 7.98. The average Bonchev–Trinajstić information content (AvgIpc) is 3.11. The Balaban J connectivity index is 1.66. The molecule has 0 spiro atoms. The summed E-state index contributed by atoms with van der Waals surface area (Å²) in [5, 5.41) is 8.89. The Morgan fingerprint density at radius 1 is 1.00 bits per heavy atom. The average molecular weight is 374 g/mol. The van der Waals surface area contributed by atoms with Crippen LogP contribution in [0.3, 0.4) is 0 Å². The van der Waals surface area contributed by atoms with Crippen molar-refractivity contribution in [1.29, 1.82) is 0 Å². The van der Waals surface area contributed by atoms with Crippen LogP contribution in [0.4, 0.5) is 0 Å². The van der Waals surface area contributed by atoms with Crippen LogP contribution >= 0.6 is 11.8 Å². The molecule has 0 radical (unpaired) electrons. The van der Waals surface area contributed by atoms with Crippen molar-refractivity contribution in [2.45, 2.75) is 11.3 Å². The number of rotatable bonds is 5. The summed E-state index contributed by atoms with van der Waals surface area (Å²) in [6.07, 6.45) is 3.91. The molecule has 0 unspecified atom stereocenters. The second kappa shape index (κ2) is 7.29. The van der Waals surface area contributed by atoms with E-state index in [-0.39, 0.29) is 6.42 Å². The van der Waals surface area contributed by atoms with Crippen molar-refractivity contribution in [1.82, 2.24) is 9.55 Å². The Morgan fingerprint density at radius 2 is 1.70 bits per heavy atom. The minimum absolute atomic E-state index is 0.0314. The molecule has 4 aromatic rings. The molecule has 0 aliphatic carbocycles. The minimum atomic E-state index is -0.825. The molecular formula is C22H18N2O2S. The molecule has 27 heavy (non-hydrogen) atoms. The fourth-order valence-corrected chi connectivity index (χ4v) is 3.54. The molecule has 1 heterocycles. The number of benzene rings is 3. The fourth-order valence-electron chi connectivity index (χ4n) is 3.13. The summed E-state index contributed by atoms with van der Waals surface area (Å²) in [4.78, 5) is 16.6. The van der Waals surface area contributed by atoms with Crippen LogP contribution in [0.15, 0.2) is 78.0 Å². The predicted octanol–water partition coefficient (Wildman–Crippen LogP) is 5.04. The maximum absolute atomic E-state index is 10.8. The molecule has 0 atom stereocenters. The summed E-state index contributed by atoms with van der Waals surface area (Å²) >= 11 is 1.73. The first kappa shape index (κ1) is 17.4. The number of hydrogen-bond acceptors (Lipinski definition) is 3. The van der Waals surface area contributed by atoms with Crippen LogP contribution in [0, 0.1) is 0 Å². The van der Waals surface area contributed by atoms with Gasteiger partial charge in [0, 0.05) is 10.6 Å². The Bertz CT molecular complexity index is 1100. The van der Waals surface area contributed by atoms with E-state index in [2.05, 4.69) is 53.7 Å². The van der Waals surface area contributed by atoms with E-state index in [0.29, 0.717) is 0 Å². The molecule has 0 aliphatic heterocycles. The van der Waals surface area contributed by atoms with Crippen LogP contribution in [-0.2, 0) is 11.2 Å². The van der Waals surface area contributed by atoms with E-state index in [0.717, 1.165) is 27.8 Å². The van der Waals surface area contributed by atoms with Crippen molar-refractivity contribution >= 4 is 28.8 Å². The van der Waals surface area contributed by atoms with Gasteiger partial charge in [0.15, 0.2) is 0 Å². The summed E-state index contributed by atoms with van der Waals surface area (Å²) in [7, 11) is 0. The largest absolute Gasteiger partial charge is 0.481 e. The molecule has 5 heteroatoms. The van der Waals surface area contributed by atoms with Gasteiger partial charge < -0.3 is 5.11 Å². The van der Waals surface area contributed by atoms with Crippen molar-refractivity contribution in [2.75, 3.05) is 6.26 Å². The topological polar surface area (TPSA) is 55.1 Å². The SMILES string of the molecule is CSc1ccc(-c2ccc3c(c2)ncn3-c2ccc(CC(=O)O)cc2)cc1. The zero-order valence-electron chi connectivity index (χ0n) is 14.8. The van der Waals surface area contributed by atoms with E-state index in [9.17, 15) is 4.79 Å². The number of nitrogens with zero attached hydrogens (tertiary/aromatic N) is 2. The number of thioether (sulfide) groups is 1. The van der Waals surface area contributed by atoms with E-state index in [1.807, 2.05) is 28.8 Å². The summed E-state index contributed by atoms with van der Waals surface area (Å²) in [6, 6.07) is 22.3. The molecule has 0 fully saturated rings. The van der Waals surface area contributed by atoms with Gasteiger partial charge in [-0.15, -0.1) is 11.8 Å². The number of imidazole rings is 1. The highest BCUT2D eigenvalue weighted by Gasteiger charge is 2.08. The highest BCUT2D eigenvalue weighted by atomic mass is 32.2. The van der Waals surface area contributed by atoms with E-state index in [1.165, 1.54) is 10.5 Å². The highest BCUT2D eigenvalue weighted by Crippen LogP contribution is 2.27. The second-order valence-electron chi connectivity index (χ2n) is 6.28. The fraction of sp³-hybridized carbons (Fsp3) is 0.0909. The van der Waals surface area contributed by atoms with Crippen LogP contribution in [0.2, 0.25) is 0 Å². The smallest absolute Gasteiger partial charge is 0.307 e. The lowest BCUT2D eigenvalue weighted by Crippen LogP contribution is -2.00. The molecule has 0 saturated carbocycles. The Kier molecular flexibility index (Phi) is 4.69. The third-order valence-electron chi connectivity index (χ3n) is 4.54. The number of carbonyl (C=O) groups is 1. The predicted molar refractivity (Wildman–Crippen MR) is 110 cm³/mol. The van der Waals surface area contributed by atoms with E-state index in [1.54, 1.807) is 18.1 Å². The van der Waals surface area contributed by atoms with Crippen LogP contribution in [-0.4, -0.2) is 26.9 Å². The lowest BCUT2D eigenvalue weighted by Gasteiger charge is -2.07. The molecule has 134 valence electrons. The molecule has 4 nitrogen and oxygen atoms in total. The van der Waals surface area contributed by atoms with Crippen molar-refractivity contribution in [3.8, 4) is 16.8 Å². The van der Waals surface area contributed by atoms with Gasteiger partial charge in [-0.05, 0) is 59.3 Å². The molecule has 0 amide bonds. The second-order valence-corrected chi connectivity index (χ2v) is 7.16. The Morgan fingerprint density at radius 3 is 2.37 bits per heavy atom. The zero-order chi connectivity index (χ0) is 18.8. The van der Waals surface area contributed by atoms with Crippen molar-refractivity contribution < 1.29 is 9.90 Å². The van der Waals surface area contributed by atoms with Crippen LogP contribution in [0.1, 0.15) is 5.56 Å². The van der Waals surface area contributed by atoms with Crippen LogP contribution in [0.25, 0.3) is 27.8 Å². The third kappa shape index (κ3) is 3.59. The maximum Gasteiger partial charge on any atom is 0.307 e. The van der Waals surface area contributed by atoms with Gasteiger partial charge in [0.2, 0.25) is 0 Å². The van der Waals surface area contributed by atoms with Gasteiger partial charge in [0.25, 0.3) is 0 Å². The van der Waals surface area contributed by atoms with Gasteiger partial charge in [-0.2, -0.15) is 0 Å². The van der Waals surface area contributed by atoms with E-state index < -0.39 is 5.97 Å². The quantitative estimate of drug-likeness (QED) is 0.497. The first-order valence-corrected chi connectivity index (χ1v) is 9.79. The monoisotopic (exact) mass is 374 g/mol. The molecular weight excluding hydrogens is 356 g/mol. The van der Waals surface area contributed by atoms with Crippen LogP contribution in [0.5, 0.6) is 0 Å². The summed E-state index contributed by atoms with van der Waals surface area (Å²) in [5.41, 5.74) is 6.00. The molecule has 3 aromatic carbocycles. The molecule has 0 aliphatic rings. The van der Waals surface area contributed by atoms with Gasteiger partial charge in [-0.3, -0.25) is 9.36 Å².